The van der Waals surface area contributed by atoms with Crippen molar-refractivity contribution in [2.24, 2.45) is 0 Å². The summed E-state index contributed by atoms with van der Waals surface area (Å²) in [7, 11) is -3.85. The Bertz CT molecular complexity index is 1000. The van der Waals surface area contributed by atoms with Gasteiger partial charge in [-0.15, -0.1) is 0 Å². The molecule has 5 nitrogen and oxygen atoms in total. The van der Waals surface area contributed by atoms with Crippen LogP contribution in [0, 0.1) is 6.92 Å². The van der Waals surface area contributed by atoms with E-state index in [0.29, 0.717) is 28.8 Å². The number of aryl methyl sites for hydroxylation is 1. The van der Waals surface area contributed by atoms with Crippen LogP contribution >= 0.6 is 15.9 Å². The molecule has 1 amide bonds. The van der Waals surface area contributed by atoms with Crippen LogP contribution in [0.5, 0.6) is 0 Å². The Hall–Kier alpha value is -1.86. The van der Waals surface area contributed by atoms with Gasteiger partial charge in [0.2, 0.25) is 5.91 Å². The molecule has 7 heteroatoms. The van der Waals surface area contributed by atoms with E-state index in [1.165, 1.54) is 11.2 Å². The second-order valence-electron chi connectivity index (χ2n) is 6.86. The van der Waals surface area contributed by atoms with E-state index >= 15 is 0 Å². The highest BCUT2D eigenvalue weighted by atomic mass is 79.9. The second-order valence-corrected chi connectivity index (χ2v) is 9.61. The Kier molecular flexibility index (Phi) is 5.36. The molecule has 1 heterocycles. The van der Waals surface area contributed by atoms with E-state index in [1.807, 2.05) is 45.0 Å². The molecule has 0 fully saturated rings. The Morgan fingerprint density at radius 1 is 1.30 bits per heavy atom. The number of benzene rings is 2. The number of halogens is 1. The van der Waals surface area contributed by atoms with Crippen LogP contribution < -0.4 is 9.21 Å². The van der Waals surface area contributed by atoms with Crippen molar-refractivity contribution in [1.82, 2.24) is 0 Å². The maximum absolute atomic E-state index is 13.6. The number of hydrogen-bond acceptors (Lipinski definition) is 3. The normalized spacial score (nSPS) is 16.3. The first-order valence-corrected chi connectivity index (χ1v) is 11.1. The van der Waals surface area contributed by atoms with Crippen molar-refractivity contribution in [2.45, 2.75) is 45.1 Å². The number of hydrogen-bond donors (Lipinski definition) is 0. The smallest absolute Gasteiger partial charge is 0.266 e. The molecule has 144 valence electrons. The van der Waals surface area contributed by atoms with Crippen LogP contribution in [-0.2, 0) is 21.2 Å². The number of anilines is 2. The van der Waals surface area contributed by atoms with Gasteiger partial charge in [0.15, 0.2) is 0 Å². The van der Waals surface area contributed by atoms with Crippen molar-refractivity contribution in [3.8, 4) is 0 Å². The van der Waals surface area contributed by atoms with Crippen molar-refractivity contribution in [1.29, 1.82) is 0 Å². The van der Waals surface area contributed by atoms with E-state index in [-0.39, 0.29) is 16.8 Å². The quantitative estimate of drug-likeness (QED) is 0.698. The minimum atomic E-state index is -3.85. The van der Waals surface area contributed by atoms with Gasteiger partial charge in [0.05, 0.1) is 11.4 Å². The van der Waals surface area contributed by atoms with E-state index in [1.54, 1.807) is 17.0 Å². The SMILES string of the molecule is CCN(c1cccc(C)c1)S(=O)(=O)c1cc(Br)cc2c1N(C(C)=O)C(C)C2. The molecule has 1 unspecified atom stereocenters. The Morgan fingerprint density at radius 3 is 2.59 bits per heavy atom. The number of nitrogens with zero attached hydrogens (tertiary/aromatic N) is 2. The monoisotopic (exact) mass is 450 g/mol. The number of sulfonamides is 1. The molecular weight excluding hydrogens is 428 g/mol. The van der Waals surface area contributed by atoms with Crippen LogP contribution in [0.1, 0.15) is 31.9 Å². The topological polar surface area (TPSA) is 57.7 Å². The van der Waals surface area contributed by atoms with Crippen molar-refractivity contribution in [3.05, 3.63) is 52.0 Å². The first-order chi connectivity index (χ1) is 12.7. The highest BCUT2D eigenvalue weighted by Crippen LogP contribution is 2.41. The molecule has 0 saturated carbocycles. The third-order valence-corrected chi connectivity index (χ3v) is 7.17. The standard InChI is InChI=1S/C20H23BrN2O3S/c1-5-22(18-8-6-7-13(2)9-18)27(25,26)19-12-17(21)11-16-10-14(3)23(15(4)24)20(16)19/h6-9,11-12,14H,5,10H2,1-4H3. The lowest BCUT2D eigenvalue weighted by Crippen LogP contribution is -2.36. The summed E-state index contributed by atoms with van der Waals surface area (Å²) < 4.78 is 29.3. The van der Waals surface area contributed by atoms with E-state index in [4.69, 9.17) is 0 Å². The zero-order chi connectivity index (χ0) is 19.9. The highest BCUT2D eigenvalue weighted by Gasteiger charge is 2.37. The first-order valence-electron chi connectivity index (χ1n) is 8.88. The maximum Gasteiger partial charge on any atom is 0.266 e. The second kappa shape index (κ2) is 7.28. The van der Waals surface area contributed by atoms with Gasteiger partial charge >= 0.3 is 0 Å². The zero-order valence-electron chi connectivity index (χ0n) is 15.9. The number of amides is 1. The van der Waals surface area contributed by atoms with Crippen LogP contribution in [0.25, 0.3) is 0 Å². The van der Waals surface area contributed by atoms with Crippen LogP contribution in [-0.4, -0.2) is 26.9 Å². The Balaban J connectivity index is 2.22. The summed E-state index contributed by atoms with van der Waals surface area (Å²) in [5.41, 5.74) is 2.97. The van der Waals surface area contributed by atoms with Crippen LogP contribution in [0.2, 0.25) is 0 Å². The summed E-state index contributed by atoms with van der Waals surface area (Å²) in [4.78, 5) is 14.0. The van der Waals surface area contributed by atoms with Crippen LogP contribution in [0.4, 0.5) is 11.4 Å². The third kappa shape index (κ3) is 3.50. The van der Waals surface area contributed by atoms with Gasteiger partial charge in [-0.1, -0.05) is 28.1 Å². The van der Waals surface area contributed by atoms with E-state index < -0.39 is 10.0 Å². The molecule has 0 aliphatic carbocycles. The van der Waals surface area contributed by atoms with Gasteiger partial charge in [-0.05, 0) is 62.6 Å². The number of carbonyl (C=O) groups excluding carboxylic acids is 1. The summed E-state index contributed by atoms with van der Waals surface area (Å²) in [6.07, 6.45) is 0.632. The third-order valence-electron chi connectivity index (χ3n) is 4.80. The first kappa shape index (κ1) is 19.9. The summed E-state index contributed by atoms with van der Waals surface area (Å²) >= 11 is 3.44. The average molecular weight is 451 g/mol. The van der Waals surface area contributed by atoms with Crippen molar-refractivity contribution in [2.75, 3.05) is 15.7 Å². The van der Waals surface area contributed by atoms with Gasteiger partial charge in [-0.2, -0.15) is 0 Å². The molecule has 2 aromatic carbocycles. The van der Waals surface area contributed by atoms with Gasteiger partial charge in [0.1, 0.15) is 4.90 Å². The van der Waals surface area contributed by atoms with E-state index in [2.05, 4.69) is 15.9 Å². The van der Waals surface area contributed by atoms with Gasteiger partial charge in [-0.3, -0.25) is 9.10 Å². The minimum absolute atomic E-state index is 0.0743. The molecule has 0 N–H and O–H groups in total. The largest absolute Gasteiger partial charge is 0.308 e. The molecule has 0 aromatic heterocycles. The Labute approximate surface area is 169 Å². The molecule has 27 heavy (non-hydrogen) atoms. The highest BCUT2D eigenvalue weighted by molar-refractivity contribution is 9.10. The molecule has 2 aromatic rings. The molecule has 0 radical (unpaired) electrons. The summed E-state index contributed by atoms with van der Waals surface area (Å²) in [6.45, 7) is 7.44. The van der Waals surface area contributed by atoms with Gasteiger partial charge in [0, 0.05) is 24.0 Å². The van der Waals surface area contributed by atoms with E-state index in [9.17, 15) is 13.2 Å². The van der Waals surface area contributed by atoms with Crippen molar-refractivity contribution in [3.63, 3.8) is 0 Å². The summed E-state index contributed by atoms with van der Waals surface area (Å²) in [5, 5.41) is 0. The molecule has 1 atom stereocenters. The predicted molar refractivity (Wildman–Crippen MR) is 112 cm³/mol. The molecule has 1 aliphatic heterocycles. The lowest BCUT2D eigenvalue weighted by molar-refractivity contribution is -0.116. The minimum Gasteiger partial charge on any atom is -0.308 e. The van der Waals surface area contributed by atoms with Crippen molar-refractivity contribution >= 4 is 43.2 Å². The molecule has 3 rings (SSSR count). The molecule has 0 spiro atoms. The maximum atomic E-state index is 13.6. The average Bonchev–Trinajstić information content (AvgIpc) is 2.90. The molecule has 1 aliphatic rings. The number of rotatable bonds is 4. The lowest BCUT2D eigenvalue weighted by atomic mass is 10.1. The number of carbonyl (C=O) groups is 1. The summed E-state index contributed by atoms with van der Waals surface area (Å²) in [6, 6.07) is 10.8. The zero-order valence-corrected chi connectivity index (χ0v) is 18.3. The van der Waals surface area contributed by atoms with Gasteiger partial charge < -0.3 is 4.90 Å². The van der Waals surface area contributed by atoms with Crippen molar-refractivity contribution < 1.29 is 13.2 Å². The van der Waals surface area contributed by atoms with E-state index in [0.717, 1.165) is 11.1 Å². The fourth-order valence-corrected chi connectivity index (χ4v) is 6.12. The fourth-order valence-electron chi connectivity index (χ4n) is 3.74. The summed E-state index contributed by atoms with van der Waals surface area (Å²) in [5.74, 6) is -0.154. The van der Waals surface area contributed by atoms with Crippen LogP contribution in [0.15, 0.2) is 45.8 Å². The predicted octanol–water partition coefficient (Wildman–Crippen LogP) is 4.27. The lowest BCUT2D eigenvalue weighted by Gasteiger charge is -2.27. The molecule has 0 saturated heterocycles. The van der Waals surface area contributed by atoms with Gasteiger partial charge in [0.25, 0.3) is 10.0 Å². The van der Waals surface area contributed by atoms with Gasteiger partial charge in [-0.25, -0.2) is 8.42 Å². The fraction of sp³-hybridized carbons (Fsp3) is 0.350. The number of fused-ring (bicyclic) bond motifs is 1. The Morgan fingerprint density at radius 2 is 2.00 bits per heavy atom. The molecular formula is C20H23BrN2O3S. The van der Waals surface area contributed by atoms with Crippen LogP contribution in [0.3, 0.4) is 0 Å². The molecule has 0 bridgehead atoms.